The van der Waals surface area contributed by atoms with Crippen LogP contribution in [0.15, 0.2) is 42.5 Å². The molecule has 0 amide bonds. The first-order valence-corrected chi connectivity index (χ1v) is 6.30. The van der Waals surface area contributed by atoms with Crippen molar-refractivity contribution in [3.63, 3.8) is 0 Å². The lowest BCUT2D eigenvalue weighted by atomic mass is 10.0. The van der Waals surface area contributed by atoms with Gasteiger partial charge in [0, 0.05) is 5.69 Å². The van der Waals surface area contributed by atoms with Gasteiger partial charge in [0.15, 0.2) is 0 Å². The molecular formula is C16H20N2. The van der Waals surface area contributed by atoms with Crippen molar-refractivity contribution in [2.75, 3.05) is 11.1 Å². The fourth-order valence-electron chi connectivity index (χ4n) is 2.11. The van der Waals surface area contributed by atoms with E-state index in [0.29, 0.717) is 5.92 Å². The van der Waals surface area contributed by atoms with Crippen LogP contribution in [0.3, 0.4) is 0 Å². The first-order chi connectivity index (χ1) is 8.59. The smallest absolute Gasteiger partial charge is 0.0647 e. The van der Waals surface area contributed by atoms with E-state index in [0.717, 1.165) is 22.6 Å². The van der Waals surface area contributed by atoms with Crippen LogP contribution in [0.4, 0.5) is 17.1 Å². The van der Waals surface area contributed by atoms with Gasteiger partial charge in [-0.1, -0.05) is 44.2 Å². The lowest BCUT2D eigenvalue weighted by Gasteiger charge is -2.17. The molecule has 2 aromatic rings. The number of rotatable bonds is 3. The number of para-hydroxylation sites is 2. The highest BCUT2D eigenvalue weighted by Crippen LogP contribution is 2.31. The highest BCUT2D eigenvalue weighted by Gasteiger charge is 2.08. The molecule has 2 rings (SSSR count). The van der Waals surface area contributed by atoms with E-state index in [9.17, 15) is 0 Å². The lowest BCUT2D eigenvalue weighted by molar-refractivity contribution is 0.869. The van der Waals surface area contributed by atoms with Crippen LogP contribution in [0.1, 0.15) is 30.9 Å². The van der Waals surface area contributed by atoms with E-state index in [4.69, 9.17) is 5.73 Å². The van der Waals surface area contributed by atoms with Crippen LogP contribution in [0, 0.1) is 6.92 Å². The normalized spacial score (nSPS) is 10.7. The Kier molecular flexibility index (Phi) is 3.56. The van der Waals surface area contributed by atoms with Crippen LogP contribution in [-0.2, 0) is 0 Å². The summed E-state index contributed by atoms with van der Waals surface area (Å²) in [5, 5.41) is 3.47. The van der Waals surface area contributed by atoms with Crippen molar-refractivity contribution in [3.05, 3.63) is 53.6 Å². The monoisotopic (exact) mass is 240 g/mol. The van der Waals surface area contributed by atoms with E-state index in [1.807, 2.05) is 18.2 Å². The van der Waals surface area contributed by atoms with Gasteiger partial charge in [0.25, 0.3) is 0 Å². The van der Waals surface area contributed by atoms with Gasteiger partial charge >= 0.3 is 0 Å². The molecule has 0 saturated heterocycles. The molecule has 0 unspecified atom stereocenters. The second-order valence-electron chi connectivity index (χ2n) is 4.91. The van der Waals surface area contributed by atoms with Crippen molar-refractivity contribution < 1.29 is 0 Å². The second-order valence-corrected chi connectivity index (χ2v) is 4.91. The molecule has 0 fully saturated rings. The van der Waals surface area contributed by atoms with Gasteiger partial charge < -0.3 is 11.1 Å². The largest absolute Gasteiger partial charge is 0.397 e. The molecule has 0 bridgehead atoms. The maximum absolute atomic E-state index is 6.03. The first kappa shape index (κ1) is 12.5. The van der Waals surface area contributed by atoms with Gasteiger partial charge in [-0.3, -0.25) is 0 Å². The number of hydrogen-bond donors (Lipinski definition) is 2. The van der Waals surface area contributed by atoms with Crippen molar-refractivity contribution in [2.24, 2.45) is 0 Å². The van der Waals surface area contributed by atoms with Gasteiger partial charge in [-0.05, 0) is 36.1 Å². The van der Waals surface area contributed by atoms with E-state index in [1.165, 1.54) is 5.56 Å². The minimum atomic E-state index is 0.485. The van der Waals surface area contributed by atoms with Gasteiger partial charge in [0.05, 0.1) is 11.4 Å². The molecule has 3 N–H and O–H groups in total. The Balaban J connectivity index is 2.40. The molecule has 0 radical (unpaired) electrons. The summed E-state index contributed by atoms with van der Waals surface area (Å²) in [6.45, 7) is 6.46. The maximum atomic E-state index is 6.03. The fraction of sp³-hybridized carbons (Fsp3) is 0.250. The van der Waals surface area contributed by atoms with Crippen molar-refractivity contribution in [1.29, 1.82) is 0 Å². The zero-order chi connectivity index (χ0) is 13.1. The fourth-order valence-corrected chi connectivity index (χ4v) is 2.11. The van der Waals surface area contributed by atoms with Crippen molar-refractivity contribution in [1.82, 2.24) is 0 Å². The van der Waals surface area contributed by atoms with E-state index < -0.39 is 0 Å². The summed E-state index contributed by atoms with van der Waals surface area (Å²) in [7, 11) is 0. The predicted molar refractivity (Wildman–Crippen MR) is 79.4 cm³/mol. The Morgan fingerprint density at radius 1 is 1.00 bits per heavy atom. The minimum absolute atomic E-state index is 0.485. The summed E-state index contributed by atoms with van der Waals surface area (Å²) in [4.78, 5) is 0. The number of anilines is 3. The second kappa shape index (κ2) is 5.13. The van der Waals surface area contributed by atoms with E-state index in [-0.39, 0.29) is 0 Å². The molecule has 0 spiro atoms. The summed E-state index contributed by atoms with van der Waals surface area (Å²) >= 11 is 0. The van der Waals surface area contributed by atoms with Gasteiger partial charge in [-0.25, -0.2) is 0 Å². The molecule has 2 nitrogen and oxygen atoms in total. The van der Waals surface area contributed by atoms with E-state index in [2.05, 4.69) is 50.4 Å². The quantitative estimate of drug-likeness (QED) is 0.778. The van der Waals surface area contributed by atoms with Crippen molar-refractivity contribution >= 4 is 17.1 Å². The highest BCUT2D eigenvalue weighted by molar-refractivity contribution is 5.76. The first-order valence-electron chi connectivity index (χ1n) is 6.30. The Hall–Kier alpha value is -1.96. The molecule has 0 saturated carbocycles. The molecule has 0 aliphatic rings. The minimum Gasteiger partial charge on any atom is -0.397 e. The number of hydrogen-bond acceptors (Lipinski definition) is 2. The zero-order valence-electron chi connectivity index (χ0n) is 11.2. The van der Waals surface area contributed by atoms with Crippen LogP contribution in [0.2, 0.25) is 0 Å². The van der Waals surface area contributed by atoms with Gasteiger partial charge in [0.1, 0.15) is 0 Å². The molecule has 94 valence electrons. The van der Waals surface area contributed by atoms with E-state index >= 15 is 0 Å². The SMILES string of the molecule is Cc1cccc(N)c1Nc1ccccc1C(C)C. The summed E-state index contributed by atoms with van der Waals surface area (Å²) in [6.07, 6.45) is 0. The molecule has 2 heteroatoms. The molecule has 0 aliphatic carbocycles. The van der Waals surface area contributed by atoms with E-state index in [1.54, 1.807) is 0 Å². The van der Waals surface area contributed by atoms with Crippen LogP contribution < -0.4 is 11.1 Å². The predicted octanol–water partition coefficient (Wildman–Crippen LogP) is 4.44. The van der Waals surface area contributed by atoms with Crippen LogP contribution in [0.5, 0.6) is 0 Å². The standard InChI is InChI=1S/C16H20N2/c1-11(2)13-8-4-5-10-15(13)18-16-12(3)7-6-9-14(16)17/h4-11,18H,17H2,1-3H3. The zero-order valence-corrected chi connectivity index (χ0v) is 11.2. The highest BCUT2D eigenvalue weighted by atomic mass is 14.9. The Morgan fingerprint density at radius 3 is 2.39 bits per heavy atom. The molecule has 0 atom stereocenters. The molecule has 0 heterocycles. The van der Waals surface area contributed by atoms with Crippen molar-refractivity contribution in [3.8, 4) is 0 Å². The summed E-state index contributed by atoms with van der Waals surface area (Å²) in [6, 6.07) is 14.3. The third-order valence-corrected chi connectivity index (χ3v) is 3.15. The number of benzene rings is 2. The number of aryl methyl sites for hydroxylation is 1. The van der Waals surface area contributed by atoms with Crippen LogP contribution in [-0.4, -0.2) is 0 Å². The molecule has 0 aromatic heterocycles. The Morgan fingerprint density at radius 2 is 1.72 bits per heavy atom. The number of nitrogens with two attached hydrogens (primary N) is 1. The van der Waals surface area contributed by atoms with Gasteiger partial charge in [-0.2, -0.15) is 0 Å². The summed E-state index contributed by atoms with van der Waals surface area (Å²) in [5.74, 6) is 0.485. The topological polar surface area (TPSA) is 38.0 Å². The average Bonchev–Trinajstić information content (AvgIpc) is 2.34. The van der Waals surface area contributed by atoms with Crippen LogP contribution >= 0.6 is 0 Å². The van der Waals surface area contributed by atoms with Gasteiger partial charge in [0.2, 0.25) is 0 Å². The number of nitrogen functional groups attached to an aromatic ring is 1. The Bertz CT molecular complexity index is 524. The molecule has 18 heavy (non-hydrogen) atoms. The third-order valence-electron chi connectivity index (χ3n) is 3.15. The molecule has 2 aromatic carbocycles. The molecule has 0 aliphatic heterocycles. The van der Waals surface area contributed by atoms with Crippen LogP contribution in [0.25, 0.3) is 0 Å². The average molecular weight is 240 g/mol. The Labute approximate surface area is 109 Å². The van der Waals surface area contributed by atoms with Crippen molar-refractivity contribution in [2.45, 2.75) is 26.7 Å². The summed E-state index contributed by atoms with van der Waals surface area (Å²) in [5.41, 5.74) is 11.4. The maximum Gasteiger partial charge on any atom is 0.0647 e. The number of nitrogens with one attached hydrogen (secondary N) is 1. The third kappa shape index (κ3) is 2.48. The summed E-state index contributed by atoms with van der Waals surface area (Å²) < 4.78 is 0. The van der Waals surface area contributed by atoms with Gasteiger partial charge in [-0.15, -0.1) is 0 Å². The lowest BCUT2D eigenvalue weighted by Crippen LogP contribution is -2.02. The molecular weight excluding hydrogens is 220 g/mol.